The van der Waals surface area contributed by atoms with Crippen LogP contribution in [0.5, 0.6) is 5.75 Å². The highest BCUT2D eigenvalue weighted by Crippen LogP contribution is 2.21. The Balaban J connectivity index is 1.31. The number of rotatable bonds is 12. The number of nitrogens with zero attached hydrogens (tertiary/aromatic N) is 2. The summed E-state index contributed by atoms with van der Waals surface area (Å²) in [6.45, 7) is 3.50. The van der Waals surface area contributed by atoms with Gasteiger partial charge in [-0.05, 0) is 48.4 Å². The lowest BCUT2D eigenvalue weighted by molar-refractivity contribution is -0.142. The number of carbonyl (C=O) groups excluding carboxylic acids is 1. The molecule has 0 aliphatic rings. The summed E-state index contributed by atoms with van der Waals surface area (Å²) in [6.07, 6.45) is 2.39. The molecule has 1 aromatic heterocycles. The van der Waals surface area contributed by atoms with Crippen LogP contribution in [0.1, 0.15) is 18.1 Å². The summed E-state index contributed by atoms with van der Waals surface area (Å²) < 4.78 is 22.6. The van der Waals surface area contributed by atoms with E-state index in [1.54, 1.807) is 13.0 Å². The van der Waals surface area contributed by atoms with E-state index in [-0.39, 0.29) is 12.4 Å². The summed E-state index contributed by atoms with van der Waals surface area (Å²) in [4.78, 5) is 18.8. The first-order chi connectivity index (χ1) is 17.6. The van der Waals surface area contributed by atoms with Crippen molar-refractivity contribution in [3.63, 3.8) is 0 Å². The van der Waals surface area contributed by atoms with E-state index in [0.717, 1.165) is 28.0 Å². The summed E-state index contributed by atoms with van der Waals surface area (Å²) in [6, 6.07) is 25.7. The van der Waals surface area contributed by atoms with Crippen LogP contribution in [0.15, 0.2) is 89.0 Å². The molecule has 1 heterocycles. The van der Waals surface area contributed by atoms with E-state index < -0.39 is 5.97 Å². The maximum Gasteiger partial charge on any atom is 0.373 e. The number of anilines is 1. The minimum absolute atomic E-state index is 0.182. The van der Waals surface area contributed by atoms with Crippen molar-refractivity contribution < 1.29 is 23.4 Å². The summed E-state index contributed by atoms with van der Waals surface area (Å²) in [5.74, 6) is 0.426. The number of esters is 1. The fourth-order valence-corrected chi connectivity index (χ4v) is 3.52. The van der Waals surface area contributed by atoms with Gasteiger partial charge in [-0.15, -0.1) is 0 Å². The molecule has 0 atom stereocenters. The zero-order chi connectivity index (χ0) is 25.2. The second-order valence-electron chi connectivity index (χ2n) is 8.12. The standard InChI is InChI=1S/C29H30N2O5/c1-3-33-28(32)27(35-19-17-22-9-5-4-6-10-22)21-23-13-15-24(16-14-23)34-20-18-31(2)29-30-25-11-7-8-12-26(25)36-29/h4-16,21H,3,17-20H2,1-2H3. The monoisotopic (exact) mass is 486 g/mol. The SMILES string of the molecule is CCOC(=O)C(=Cc1ccc(OCCN(C)c2nc3ccccc3o2)cc1)OCCc1ccccc1. The Kier molecular flexibility index (Phi) is 8.59. The maximum atomic E-state index is 12.4. The van der Waals surface area contributed by atoms with Crippen molar-refractivity contribution in [1.29, 1.82) is 0 Å². The van der Waals surface area contributed by atoms with Crippen molar-refractivity contribution in [2.45, 2.75) is 13.3 Å². The number of hydrogen-bond donors (Lipinski definition) is 0. The molecule has 3 aromatic carbocycles. The Morgan fingerprint density at radius 1 is 0.944 bits per heavy atom. The molecule has 0 saturated heterocycles. The van der Waals surface area contributed by atoms with Gasteiger partial charge in [-0.25, -0.2) is 4.79 Å². The second kappa shape index (κ2) is 12.4. The van der Waals surface area contributed by atoms with Crippen LogP contribution in [-0.2, 0) is 20.7 Å². The van der Waals surface area contributed by atoms with Crippen LogP contribution in [0.2, 0.25) is 0 Å². The molecule has 7 heteroatoms. The average molecular weight is 487 g/mol. The molecule has 0 bridgehead atoms. The lowest BCUT2D eigenvalue weighted by Gasteiger charge is -2.15. The number of hydrogen-bond acceptors (Lipinski definition) is 7. The van der Waals surface area contributed by atoms with Crippen LogP contribution in [0.25, 0.3) is 17.2 Å². The van der Waals surface area contributed by atoms with Gasteiger partial charge in [0.15, 0.2) is 5.58 Å². The minimum atomic E-state index is -0.479. The fourth-order valence-electron chi connectivity index (χ4n) is 3.52. The average Bonchev–Trinajstić information content (AvgIpc) is 3.34. The minimum Gasteiger partial charge on any atom is -0.492 e. The van der Waals surface area contributed by atoms with Gasteiger partial charge >= 0.3 is 5.97 Å². The molecule has 0 spiro atoms. The van der Waals surface area contributed by atoms with Crippen LogP contribution < -0.4 is 9.64 Å². The summed E-state index contributed by atoms with van der Waals surface area (Å²) >= 11 is 0. The van der Waals surface area contributed by atoms with Crippen molar-refractivity contribution in [3.05, 3.63) is 95.7 Å². The van der Waals surface area contributed by atoms with Gasteiger partial charge in [0.1, 0.15) is 17.9 Å². The van der Waals surface area contributed by atoms with E-state index in [2.05, 4.69) is 4.98 Å². The topological polar surface area (TPSA) is 74.0 Å². The highest BCUT2D eigenvalue weighted by Gasteiger charge is 2.13. The second-order valence-corrected chi connectivity index (χ2v) is 8.12. The Labute approximate surface area is 210 Å². The number of fused-ring (bicyclic) bond motifs is 1. The Bertz CT molecular complexity index is 1250. The van der Waals surface area contributed by atoms with Gasteiger partial charge in [0.2, 0.25) is 5.76 Å². The predicted octanol–water partition coefficient (Wildman–Crippen LogP) is 5.51. The molecule has 7 nitrogen and oxygen atoms in total. The van der Waals surface area contributed by atoms with Crippen molar-refractivity contribution >= 4 is 29.2 Å². The molecular formula is C29H30N2O5. The van der Waals surface area contributed by atoms with Gasteiger partial charge in [0.25, 0.3) is 6.01 Å². The van der Waals surface area contributed by atoms with Crippen LogP contribution in [0.3, 0.4) is 0 Å². The zero-order valence-corrected chi connectivity index (χ0v) is 20.6. The number of ether oxygens (including phenoxy) is 3. The highest BCUT2D eigenvalue weighted by atomic mass is 16.6. The van der Waals surface area contributed by atoms with Crippen LogP contribution >= 0.6 is 0 Å². The van der Waals surface area contributed by atoms with Gasteiger partial charge < -0.3 is 23.5 Å². The number of oxazole rings is 1. The van der Waals surface area contributed by atoms with Crippen LogP contribution in [0.4, 0.5) is 6.01 Å². The first-order valence-corrected chi connectivity index (χ1v) is 12.0. The molecular weight excluding hydrogens is 456 g/mol. The van der Waals surface area contributed by atoms with E-state index in [9.17, 15) is 4.79 Å². The van der Waals surface area contributed by atoms with Crippen molar-refractivity contribution in [2.75, 3.05) is 38.3 Å². The Hall–Kier alpha value is -4.26. The quantitative estimate of drug-likeness (QED) is 0.149. The van der Waals surface area contributed by atoms with Crippen molar-refractivity contribution in [3.8, 4) is 5.75 Å². The molecule has 0 N–H and O–H groups in total. The molecule has 0 aliphatic carbocycles. The number of benzene rings is 3. The molecule has 36 heavy (non-hydrogen) atoms. The van der Waals surface area contributed by atoms with Crippen molar-refractivity contribution in [1.82, 2.24) is 4.98 Å². The lowest BCUT2D eigenvalue weighted by Crippen LogP contribution is -2.23. The van der Waals surface area contributed by atoms with E-state index in [4.69, 9.17) is 18.6 Å². The maximum absolute atomic E-state index is 12.4. The highest BCUT2D eigenvalue weighted by molar-refractivity contribution is 5.91. The van der Waals surface area contributed by atoms with Gasteiger partial charge in [0, 0.05) is 13.5 Å². The first-order valence-electron chi connectivity index (χ1n) is 12.0. The molecule has 4 aromatic rings. The lowest BCUT2D eigenvalue weighted by atomic mass is 10.1. The van der Waals surface area contributed by atoms with Gasteiger partial charge in [-0.2, -0.15) is 4.98 Å². The van der Waals surface area contributed by atoms with E-state index in [0.29, 0.717) is 32.2 Å². The Morgan fingerprint density at radius 3 is 2.44 bits per heavy atom. The zero-order valence-electron chi connectivity index (χ0n) is 20.6. The summed E-state index contributed by atoms with van der Waals surface area (Å²) in [7, 11) is 1.91. The smallest absolute Gasteiger partial charge is 0.373 e. The molecule has 4 rings (SSSR count). The molecule has 0 radical (unpaired) electrons. The third kappa shape index (κ3) is 6.88. The normalized spacial score (nSPS) is 11.3. The van der Waals surface area contributed by atoms with E-state index >= 15 is 0 Å². The summed E-state index contributed by atoms with van der Waals surface area (Å²) in [5, 5.41) is 0. The fraction of sp³-hybridized carbons (Fsp3) is 0.241. The molecule has 0 aliphatic heterocycles. The molecule has 0 unspecified atom stereocenters. The van der Waals surface area contributed by atoms with Gasteiger partial charge in [0.05, 0.1) is 19.8 Å². The van der Waals surface area contributed by atoms with Gasteiger partial charge in [-0.1, -0.05) is 54.6 Å². The number of likely N-dealkylation sites (N-methyl/N-ethyl adjacent to an activating group) is 1. The van der Waals surface area contributed by atoms with Crippen molar-refractivity contribution in [2.24, 2.45) is 0 Å². The van der Waals surface area contributed by atoms with Crippen LogP contribution in [0, 0.1) is 0 Å². The Morgan fingerprint density at radius 2 is 1.69 bits per heavy atom. The third-order valence-electron chi connectivity index (χ3n) is 5.45. The molecule has 0 fully saturated rings. The molecule has 186 valence electrons. The van der Waals surface area contributed by atoms with E-state index in [1.165, 1.54) is 0 Å². The van der Waals surface area contributed by atoms with E-state index in [1.807, 2.05) is 90.8 Å². The van der Waals surface area contributed by atoms with Gasteiger partial charge in [-0.3, -0.25) is 0 Å². The molecule has 0 saturated carbocycles. The summed E-state index contributed by atoms with van der Waals surface area (Å²) in [5.41, 5.74) is 3.54. The van der Waals surface area contributed by atoms with Crippen LogP contribution in [-0.4, -0.2) is 44.4 Å². The largest absolute Gasteiger partial charge is 0.492 e. The number of para-hydroxylation sites is 2. The number of aromatic nitrogens is 1. The predicted molar refractivity (Wildman–Crippen MR) is 140 cm³/mol. The number of carbonyl (C=O) groups is 1. The molecule has 0 amide bonds. The first kappa shape index (κ1) is 24.9. The third-order valence-corrected chi connectivity index (χ3v) is 5.45.